The maximum Gasteiger partial charge on any atom is 0.408 e. The molecule has 140 valence electrons. The molecule has 0 radical (unpaired) electrons. The van der Waals surface area contributed by atoms with Crippen LogP contribution >= 0.6 is 0 Å². The van der Waals surface area contributed by atoms with E-state index in [0.717, 1.165) is 4.90 Å². The smallest absolute Gasteiger partial charge is 0.408 e. The van der Waals surface area contributed by atoms with Gasteiger partial charge in [-0.05, 0) is 45.7 Å². The van der Waals surface area contributed by atoms with Crippen molar-refractivity contribution in [2.24, 2.45) is 0 Å². The monoisotopic (exact) mass is 362 g/mol. The van der Waals surface area contributed by atoms with Crippen LogP contribution in [0.1, 0.15) is 54.3 Å². The zero-order valence-corrected chi connectivity index (χ0v) is 14.9. The molecule has 1 atom stereocenters. The van der Waals surface area contributed by atoms with Gasteiger partial charge in [0.2, 0.25) is 0 Å². The van der Waals surface area contributed by atoms with Crippen molar-refractivity contribution in [3.63, 3.8) is 0 Å². The van der Waals surface area contributed by atoms with Crippen LogP contribution in [-0.2, 0) is 9.53 Å². The first kappa shape index (κ1) is 19.4. The van der Waals surface area contributed by atoms with E-state index in [1.54, 1.807) is 45.0 Å². The quantitative estimate of drug-likeness (QED) is 0.749. The third-order valence-corrected chi connectivity index (χ3v) is 3.74. The predicted molar refractivity (Wildman–Crippen MR) is 91.8 cm³/mol. The molecular weight excluding hydrogens is 340 g/mol. The number of aliphatic carboxylic acids is 1. The van der Waals surface area contributed by atoms with Gasteiger partial charge in [-0.25, -0.2) is 9.59 Å². The van der Waals surface area contributed by atoms with Gasteiger partial charge in [0.15, 0.2) is 0 Å². The number of carbonyl (C=O) groups is 4. The molecular formula is C18H22N2O6. The highest BCUT2D eigenvalue weighted by Gasteiger charge is 2.35. The van der Waals surface area contributed by atoms with E-state index < -0.39 is 35.5 Å². The first-order valence-corrected chi connectivity index (χ1v) is 8.27. The van der Waals surface area contributed by atoms with Crippen LogP contribution in [0, 0.1) is 0 Å². The van der Waals surface area contributed by atoms with Crippen molar-refractivity contribution in [3.8, 4) is 0 Å². The minimum atomic E-state index is -1.21. The Balaban J connectivity index is 1.91. The second kappa shape index (κ2) is 7.55. The van der Waals surface area contributed by atoms with E-state index in [2.05, 4.69) is 5.32 Å². The average molecular weight is 362 g/mol. The molecule has 8 nitrogen and oxygen atoms in total. The van der Waals surface area contributed by atoms with Crippen LogP contribution < -0.4 is 5.32 Å². The van der Waals surface area contributed by atoms with Crippen LogP contribution in [0.5, 0.6) is 0 Å². The van der Waals surface area contributed by atoms with Gasteiger partial charge in [0, 0.05) is 6.54 Å². The lowest BCUT2D eigenvalue weighted by atomic mass is 10.1. The molecule has 0 fully saturated rings. The first-order chi connectivity index (χ1) is 12.1. The third-order valence-electron chi connectivity index (χ3n) is 3.74. The van der Waals surface area contributed by atoms with Gasteiger partial charge < -0.3 is 15.2 Å². The highest BCUT2D eigenvalue weighted by molar-refractivity contribution is 6.21. The normalized spacial score (nSPS) is 14.8. The Labute approximate surface area is 151 Å². The summed E-state index contributed by atoms with van der Waals surface area (Å²) < 4.78 is 5.04. The first-order valence-electron chi connectivity index (χ1n) is 8.27. The molecule has 2 N–H and O–H groups in total. The van der Waals surface area contributed by atoms with E-state index in [1.807, 2.05) is 0 Å². The van der Waals surface area contributed by atoms with Crippen LogP contribution in [-0.4, -0.2) is 52.1 Å². The molecule has 0 aromatic heterocycles. The fourth-order valence-corrected chi connectivity index (χ4v) is 2.60. The molecule has 2 rings (SSSR count). The fraction of sp³-hybridized carbons (Fsp3) is 0.444. The number of carboxylic acids is 1. The lowest BCUT2D eigenvalue weighted by Crippen LogP contribution is -2.44. The summed E-state index contributed by atoms with van der Waals surface area (Å²) in [4.78, 5) is 48.6. The predicted octanol–water partition coefficient (Wildman–Crippen LogP) is 2.04. The van der Waals surface area contributed by atoms with Crippen molar-refractivity contribution in [2.75, 3.05) is 6.54 Å². The lowest BCUT2D eigenvalue weighted by Gasteiger charge is -2.22. The van der Waals surface area contributed by atoms with Gasteiger partial charge >= 0.3 is 12.1 Å². The van der Waals surface area contributed by atoms with Crippen LogP contribution in [0.3, 0.4) is 0 Å². The van der Waals surface area contributed by atoms with E-state index in [0.29, 0.717) is 11.1 Å². The van der Waals surface area contributed by atoms with Crippen molar-refractivity contribution in [3.05, 3.63) is 35.4 Å². The summed E-state index contributed by atoms with van der Waals surface area (Å²) in [6.45, 7) is 5.09. The van der Waals surface area contributed by atoms with E-state index in [-0.39, 0.29) is 19.4 Å². The van der Waals surface area contributed by atoms with E-state index in [4.69, 9.17) is 4.74 Å². The van der Waals surface area contributed by atoms with Gasteiger partial charge in [0.25, 0.3) is 11.8 Å². The summed E-state index contributed by atoms with van der Waals surface area (Å²) in [5.74, 6) is -1.99. The zero-order chi connectivity index (χ0) is 19.5. The Kier molecular flexibility index (Phi) is 5.64. The number of alkyl carbamates (subject to hydrolysis) is 1. The van der Waals surface area contributed by atoms with Crippen LogP contribution in [0.25, 0.3) is 0 Å². The van der Waals surface area contributed by atoms with Crippen molar-refractivity contribution in [2.45, 2.75) is 45.3 Å². The Hall–Kier alpha value is -2.90. The standard InChI is InChI=1S/C18H22N2O6/c1-18(2,3)26-17(25)19-13(16(23)24)9-6-10-20-14(21)11-7-4-5-8-12(11)15(20)22/h4-5,7-8,13H,6,9-10H2,1-3H3,(H,19,25)(H,23,24). The van der Waals surface area contributed by atoms with Gasteiger partial charge in [-0.2, -0.15) is 0 Å². The number of imide groups is 1. The molecule has 0 spiro atoms. The van der Waals surface area contributed by atoms with E-state index in [1.165, 1.54) is 0 Å². The Morgan fingerprint density at radius 3 is 2.15 bits per heavy atom. The molecule has 0 aliphatic carbocycles. The maximum absolute atomic E-state index is 12.3. The number of nitrogens with one attached hydrogen (secondary N) is 1. The number of rotatable bonds is 6. The molecule has 0 saturated carbocycles. The number of ether oxygens (including phenoxy) is 1. The Morgan fingerprint density at radius 1 is 1.15 bits per heavy atom. The third kappa shape index (κ3) is 4.59. The number of fused-ring (bicyclic) bond motifs is 1. The summed E-state index contributed by atoms with van der Waals surface area (Å²) in [6, 6.07) is 5.36. The van der Waals surface area contributed by atoms with Crippen molar-refractivity contribution < 1.29 is 29.0 Å². The molecule has 26 heavy (non-hydrogen) atoms. The second-order valence-corrected chi connectivity index (χ2v) is 6.99. The van der Waals surface area contributed by atoms with E-state index >= 15 is 0 Å². The molecule has 1 aromatic rings. The summed E-state index contributed by atoms with van der Waals surface area (Å²) >= 11 is 0. The van der Waals surface area contributed by atoms with Gasteiger partial charge in [-0.15, -0.1) is 0 Å². The molecule has 0 bridgehead atoms. The number of hydrogen-bond donors (Lipinski definition) is 2. The minimum Gasteiger partial charge on any atom is -0.480 e. The van der Waals surface area contributed by atoms with Crippen LogP contribution in [0.4, 0.5) is 4.79 Å². The zero-order valence-electron chi connectivity index (χ0n) is 14.9. The number of amides is 3. The Morgan fingerprint density at radius 2 is 1.69 bits per heavy atom. The fourth-order valence-electron chi connectivity index (χ4n) is 2.60. The van der Waals surface area contributed by atoms with E-state index in [9.17, 15) is 24.3 Å². The van der Waals surface area contributed by atoms with Gasteiger partial charge in [0.1, 0.15) is 11.6 Å². The largest absolute Gasteiger partial charge is 0.480 e. The molecule has 1 heterocycles. The van der Waals surface area contributed by atoms with Crippen LogP contribution in [0.15, 0.2) is 24.3 Å². The average Bonchev–Trinajstić information content (AvgIpc) is 2.77. The molecule has 8 heteroatoms. The molecule has 1 unspecified atom stereocenters. The number of hydrogen-bond acceptors (Lipinski definition) is 5. The summed E-state index contributed by atoms with van der Waals surface area (Å²) in [6.07, 6.45) is -0.536. The number of benzene rings is 1. The van der Waals surface area contributed by atoms with Crippen LogP contribution in [0.2, 0.25) is 0 Å². The highest BCUT2D eigenvalue weighted by atomic mass is 16.6. The van der Waals surface area contributed by atoms with Gasteiger partial charge in [-0.3, -0.25) is 14.5 Å². The number of nitrogens with zero attached hydrogens (tertiary/aromatic N) is 1. The Bertz CT molecular complexity index is 702. The molecule has 1 aromatic carbocycles. The number of carboxylic acid groups (broad SMARTS) is 1. The maximum atomic E-state index is 12.3. The van der Waals surface area contributed by atoms with Crippen molar-refractivity contribution in [1.29, 1.82) is 0 Å². The van der Waals surface area contributed by atoms with Crippen molar-refractivity contribution in [1.82, 2.24) is 10.2 Å². The summed E-state index contributed by atoms with van der Waals surface area (Å²) in [5.41, 5.74) is -0.0499. The van der Waals surface area contributed by atoms with Crippen molar-refractivity contribution >= 4 is 23.9 Å². The molecule has 1 aliphatic heterocycles. The highest BCUT2D eigenvalue weighted by Crippen LogP contribution is 2.22. The topological polar surface area (TPSA) is 113 Å². The van der Waals surface area contributed by atoms with Gasteiger partial charge in [-0.1, -0.05) is 12.1 Å². The summed E-state index contributed by atoms with van der Waals surface area (Å²) in [7, 11) is 0. The van der Waals surface area contributed by atoms with Gasteiger partial charge in [0.05, 0.1) is 11.1 Å². The molecule has 1 aliphatic rings. The minimum absolute atomic E-state index is 0.0575. The number of carbonyl (C=O) groups excluding carboxylic acids is 3. The lowest BCUT2D eigenvalue weighted by molar-refractivity contribution is -0.139. The summed E-state index contributed by atoms with van der Waals surface area (Å²) in [5, 5.41) is 11.5. The molecule has 0 saturated heterocycles. The second-order valence-electron chi connectivity index (χ2n) is 6.99. The SMILES string of the molecule is CC(C)(C)OC(=O)NC(CCCN1C(=O)c2ccccc2C1=O)C(=O)O. The molecule has 3 amide bonds.